The monoisotopic (exact) mass is 192 g/mol. The predicted molar refractivity (Wildman–Crippen MR) is 11.5 cm³/mol. The first-order valence-electron chi connectivity index (χ1n) is 0. The molecule has 4 radical (unpaired) electrons. The van der Waals surface area contributed by atoms with Crippen LogP contribution in [0.3, 0.4) is 0 Å². The Bertz CT molecular complexity index is 4.00. The third-order valence-corrected chi connectivity index (χ3v) is 0. The van der Waals surface area contributed by atoms with Crippen molar-refractivity contribution in [2.24, 2.45) is 0 Å². The molecule has 0 rings (SSSR count). The summed E-state index contributed by atoms with van der Waals surface area (Å²) in [5.41, 5.74) is 0. The number of rotatable bonds is 0. The van der Waals surface area contributed by atoms with Crippen molar-refractivity contribution >= 4 is 75.5 Å². The van der Waals surface area contributed by atoms with E-state index in [9.17, 15) is 0 Å². The van der Waals surface area contributed by atoms with E-state index in [-0.39, 0.29) is 110 Å². The fraction of sp³-hybridized carbons (Fsp3) is 0. The zero-order valence-corrected chi connectivity index (χ0v) is 8.75. The summed E-state index contributed by atoms with van der Waals surface area (Å²) in [5, 5.41) is 0. The van der Waals surface area contributed by atoms with E-state index in [0.717, 1.165) is 0 Å². The molecular formula is Ca2Fe2. The molecule has 0 N–H and O–H groups in total. The van der Waals surface area contributed by atoms with Gasteiger partial charge in [-0.3, -0.25) is 0 Å². The quantitative estimate of drug-likeness (QED) is 0.442. The van der Waals surface area contributed by atoms with Crippen molar-refractivity contribution in [3.8, 4) is 0 Å². The third kappa shape index (κ3) is 9.12. The Morgan fingerprint density at radius 3 is 0.500 bits per heavy atom. The minimum Gasteiger partial charge on any atom is 0 e. The molecule has 0 saturated heterocycles. The molecule has 0 aliphatic heterocycles. The molecule has 0 unspecified atom stereocenters. The maximum atomic E-state index is 0. The van der Waals surface area contributed by atoms with Crippen LogP contribution in [0, 0.1) is 0 Å². The first kappa shape index (κ1) is 25.7. The van der Waals surface area contributed by atoms with Crippen molar-refractivity contribution in [1.29, 1.82) is 0 Å². The molecule has 0 spiro atoms. The number of hydrogen-bond donors (Lipinski definition) is 0. The van der Waals surface area contributed by atoms with E-state index >= 15 is 0 Å². The van der Waals surface area contributed by atoms with Gasteiger partial charge in [-0.15, -0.1) is 0 Å². The fourth-order valence-electron chi connectivity index (χ4n) is 0. The Hall–Kier alpha value is 3.56. The molecule has 0 aromatic rings. The summed E-state index contributed by atoms with van der Waals surface area (Å²) in [6.45, 7) is 0. The summed E-state index contributed by atoms with van der Waals surface area (Å²) in [7, 11) is 0. The molecule has 0 nitrogen and oxygen atoms in total. The van der Waals surface area contributed by atoms with Crippen molar-refractivity contribution in [1.82, 2.24) is 0 Å². The molecule has 0 aromatic heterocycles. The normalized spacial score (nSPS) is 0. The van der Waals surface area contributed by atoms with Gasteiger partial charge in [-0.2, -0.15) is 0 Å². The Labute approximate surface area is 107 Å². The molecule has 0 aliphatic rings. The second kappa shape index (κ2) is 16.0. The largest absolute Gasteiger partial charge is 0 e. The molecule has 20 valence electrons. The zero-order valence-electron chi connectivity index (χ0n) is 2.12. The van der Waals surface area contributed by atoms with Crippen LogP contribution in [-0.2, 0) is 34.1 Å². The Morgan fingerprint density at radius 2 is 0.500 bits per heavy atom. The van der Waals surface area contributed by atoms with E-state index in [2.05, 4.69) is 0 Å². The standard InChI is InChI=1S/2Ca.2Fe. The first-order valence-corrected chi connectivity index (χ1v) is 0. The van der Waals surface area contributed by atoms with Gasteiger partial charge >= 0.3 is 0 Å². The van der Waals surface area contributed by atoms with Crippen molar-refractivity contribution in [2.75, 3.05) is 0 Å². The average molecular weight is 192 g/mol. The minimum atomic E-state index is 0. The summed E-state index contributed by atoms with van der Waals surface area (Å²) in [5.74, 6) is 0. The maximum Gasteiger partial charge on any atom is 0 e. The van der Waals surface area contributed by atoms with E-state index < -0.39 is 0 Å². The minimum absolute atomic E-state index is 0. The van der Waals surface area contributed by atoms with Gasteiger partial charge in [0.1, 0.15) is 0 Å². The van der Waals surface area contributed by atoms with Gasteiger partial charge in [0.25, 0.3) is 0 Å². The molecule has 0 atom stereocenters. The molecule has 0 saturated carbocycles. The summed E-state index contributed by atoms with van der Waals surface area (Å²) in [4.78, 5) is 0. The van der Waals surface area contributed by atoms with Gasteiger partial charge in [0.15, 0.2) is 0 Å². The summed E-state index contributed by atoms with van der Waals surface area (Å²) in [6, 6.07) is 0. The van der Waals surface area contributed by atoms with Crippen molar-refractivity contribution in [3.05, 3.63) is 0 Å². The maximum absolute atomic E-state index is 0. The molecule has 0 amide bonds. The van der Waals surface area contributed by atoms with Crippen LogP contribution in [0.1, 0.15) is 0 Å². The van der Waals surface area contributed by atoms with Crippen LogP contribution < -0.4 is 0 Å². The van der Waals surface area contributed by atoms with Crippen LogP contribution in [0.2, 0.25) is 0 Å². The second-order valence-electron chi connectivity index (χ2n) is 0. The topological polar surface area (TPSA) is 0 Å². The van der Waals surface area contributed by atoms with Crippen molar-refractivity contribution in [2.45, 2.75) is 0 Å². The van der Waals surface area contributed by atoms with Crippen LogP contribution >= 0.6 is 0 Å². The van der Waals surface area contributed by atoms with Gasteiger partial charge in [-0.25, -0.2) is 0 Å². The van der Waals surface area contributed by atoms with Gasteiger partial charge in [-0.1, -0.05) is 0 Å². The molecule has 0 fully saturated rings. The average Bonchev–Trinajstić information content (AvgIpc) is 0. The summed E-state index contributed by atoms with van der Waals surface area (Å²) < 4.78 is 0. The van der Waals surface area contributed by atoms with Gasteiger partial charge in [0.05, 0.1) is 0 Å². The van der Waals surface area contributed by atoms with Crippen LogP contribution in [0.25, 0.3) is 0 Å². The first-order chi connectivity index (χ1) is 0. The summed E-state index contributed by atoms with van der Waals surface area (Å²) >= 11 is 0. The second-order valence-corrected chi connectivity index (χ2v) is 0. The molecular weight excluding hydrogens is 192 g/mol. The molecule has 0 aromatic carbocycles. The molecule has 0 bridgehead atoms. The van der Waals surface area contributed by atoms with E-state index in [1.165, 1.54) is 0 Å². The van der Waals surface area contributed by atoms with Crippen LogP contribution in [0.5, 0.6) is 0 Å². The zero-order chi connectivity index (χ0) is 0. The summed E-state index contributed by atoms with van der Waals surface area (Å²) in [6.07, 6.45) is 0. The predicted octanol–water partition coefficient (Wildman–Crippen LogP) is -0.767. The van der Waals surface area contributed by atoms with Crippen molar-refractivity contribution in [3.63, 3.8) is 0 Å². The Kier molecular flexibility index (Phi) is 103. The van der Waals surface area contributed by atoms with Gasteiger partial charge in [-0.05, 0) is 0 Å². The molecule has 4 heavy (non-hydrogen) atoms. The number of hydrogen-bond acceptors (Lipinski definition) is 0. The smallest absolute Gasteiger partial charge is 0 e. The van der Waals surface area contributed by atoms with Gasteiger partial charge < -0.3 is 0 Å². The van der Waals surface area contributed by atoms with Crippen molar-refractivity contribution < 1.29 is 34.1 Å². The molecule has 4 heteroatoms. The van der Waals surface area contributed by atoms with E-state index in [1.54, 1.807) is 0 Å². The Balaban J connectivity index is 0. The van der Waals surface area contributed by atoms with Crippen LogP contribution in [0.4, 0.5) is 0 Å². The van der Waals surface area contributed by atoms with E-state index in [0.29, 0.717) is 0 Å². The van der Waals surface area contributed by atoms with Gasteiger partial charge in [0.2, 0.25) is 0 Å². The molecule has 0 heterocycles. The Morgan fingerprint density at radius 1 is 0.500 bits per heavy atom. The third-order valence-electron chi connectivity index (χ3n) is 0. The van der Waals surface area contributed by atoms with E-state index in [1.807, 2.05) is 0 Å². The van der Waals surface area contributed by atoms with Gasteiger partial charge in [0, 0.05) is 110 Å². The van der Waals surface area contributed by atoms with E-state index in [4.69, 9.17) is 0 Å². The van der Waals surface area contributed by atoms with Crippen LogP contribution in [0.15, 0.2) is 0 Å². The molecule has 0 aliphatic carbocycles. The fourth-order valence-corrected chi connectivity index (χ4v) is 0. The SMILES string of the molecule is [Ca].[Ca].[Fe].[Fe]. The van der Waals surface area contributed by atoms with Crippen LogP contribution in [-0.4, -0.2) is 75.5 Å².